The molecule has 0 atom stereocenters. The quantitative estimate of drug-likeness (QED) is 0.566. The molecule has 0 aliphatic heterocycles. The maximum Gasteiger partial charge on any atom is 0.241 e. The molecular formula is C20H28ClN3O3S. The summed E-state index contributed by atoms with van der Waals surface area (Å²) in [6.45, 7) is 6.03. The molecule has 0 aromatic heterocycles. The zero-order chi connectivity index (χ0) is 20.0. The highest BCUT2D eigenvalue weighted by molar-refractivity contribution is 7.89. The number of amides is 1. The molecule has 8 heteroatoms. The Morgan fingerprint density at radius 1 is 1.00 bits per heavy atom. The van der Waals surface area contributed by atoms with Gasteiger partial charge >= 0.3 is 0 Å². The second-order valence-corrected chi connectivity index (χ2v) is 8.42. The van der Waals surface area contributed by atoms with Crippen molar-refractivity contribution in [1.82, 2.24) is 10.0 Å². The Morgan fingerprint density at radius 3 is 2.14 bits per heavy atom. The number of nitrogens with one attached hydrogen (secondary N) is 2. The first-order valence-electron chi connectivity index (χ1n) is 8.87. The molecule has 0 aliphatic carbocycles. The van der Waals surface area contributed by atoms with Crippen LogP contribution in [0.3, 0.4) is 0 Å². The number of carbonyl (C=O) groups is 1. The van der Waals surface area contributed by atoms with E-state index >= 15 is 0 Å². The monoisotopic (exact) mass is 425 g/mol. The molecule has 0 unspecified atom stereocenters. The third kappa shape index (κ3) is 6.82. The van der Waals surface area contributed by atoms with E-state index < -0.39 is 10.0 Å². The van der Waals surface area contributed by atoms with Gasteiger partial charge in [-0.25, -0.2) is 13.1 Å². The minimum absolute atomic E-state index is 0. The number of rotatable bonds is 8. The SMILES string of the molecule is Cc1cc(C)c(S(=O)(=O)NCCC(=O)NCCc2ccc(N)cc2)c(C)c1.Cl. The molecule has 0 radical (unpaired) electrons. The van der Waals surface area contributed by atoms with Gasteiger partial charge in [0.2, 0.25) is 15.9 Å². The van der Waals surface area contributed by atoms with Crippen molar-refractivity contribution >= 4 is 34.0 Å². The van der Waals surface area contributed by atoms with Gasteiger partial charge in [-0.15, -0.1) is 12.4 Å². The Balaban J connectivity index is 0.00000392. The van der Waals surface area contributed by atoms with Crippen molar-refractivity contribution in [2.45, 2.75) is 38.5 Å². The van der Waals surface area contributed by atoms with Crippen LogP contribution in [0.1, 0.15) is 28.7 Å². The van der Waals surface area contributed by atoms with Crippen molar-refractivity contribution in [3.63, 3.8) is 0 Å². The van der Waals surface area contributed by atoms with Crippen LogP contribution in [0.25, 0.3) is 0 Å². The molecule has 0 saturated carbocycles. The molecule has 0 bridgehead atoms. The second-order valence-electron chi connectivity index (χ2n) is 6.72. The van der Waals surface area contributed by atoms with Gasteiger partial charge in [0.1, 0.15) is 0 Å². The van der Waals surface area contributed by atoms with Gasteiger partial charge in [-0.05, 0) is 56.0 Å². The number of benzene rings is 2. The molecular weight excluding hydrogens is 398 g/mol. The van der Waals surface area contributed by atoms with Crippen LogP contribution in [-0.4, -0.2) is 27.4 Å². The molecule has 4 N–H and O–H groups in total. The van der Waals surface area contributed by atoms with Crippen LogP contribution in [0.5, 0.6) is 0 Å². The van der Waals surface area contributed by atoms with E-state index in [0.29, 0.717) is 29.8 Å². The molecule has 0 spiro atoms. The van der Waals surface area contributed by atoms with E-state index in [0.717, 1.165) is 11.1 Å². The molecule has 0 fully saturated rings. The number of nitrogen functional groups attached to an aromatic ring is 1. The first kappa shape index (κ1) is 23.9. The number of carbonyl (C=O) groups excluding carboxylic acids is 1. The van der Waals surface area contributed by atoms with E-state index in [2.05, 4.69) is 10.0 Å². The summed E-state index contributed by atoms with van der Waals surface area (Å²) in [7, 11) is -3.64. The zero-order valence-electron chi connectivity index (χ0n) is 16.4. The normalized spacial score (nSPS) is 11.0. The Morgan fingerprint density at radius 2 is 1.57 bits per heavy atom. The van der Waals surface area contributed by atoms with Gasteiger partial charge in [0, 0.05) is 25.2 Å². The van der Waals surface area contributed by atoms with E-state index in [1.165, 1.54) is 0 Å². The van der Waals surface area contributed by atoms with Crippen LogP contribution in [0.2, 0.25) is 0 Å². The molecule has 2 aromatic rings. The maximum atomic E-state index is 12.5. The number of sulfonamides is 1. The highest BCUT2D eigenvalue weighted by atomic mass is 35.5. The van der Waals surface area contributed by atoms with Gasteiger partial charge in [0.05, 0.1) is 4.90 Å². The number of halogens is 1. The van der Waals surface area contributed by atoms with E-state index in [1.54, 1.807) is 13.8 Å². The largest absolute Gasteiger partial charge is 0.399 e. The minimum Gasteiger partial charge on any atom is -0.399 e. The molecule has 2 aromatic carbocycles. The summed E-state index contributed by atoms with van der Waals surface area (Å²) in [5.41, 5.74) is 9.84. The van der Waals surface area contributed by atoms with Crippen molar-refractivity contribution in [2.75, 3.05) is 18.8 Å². The molecule has 0 saturated heterocycles. The lowest BCUT2D eigenvalue weighted by molar-refractivity contribution is -0.120. The fraction of sp³-hybridized carbons (Fsp3) is 0.350. The summed E-state index contributed by atoms with van der Waals surface area (Å²) in [6.07, 6.45) is 0.782. The van der Waals surface area contributed by atoms with Crippen molar-refractivity contribution in [1.29, 1.82) is 0 Å². The van der Waals surface area contributed by atoms with Crippen LogP contribution < -0.4 is 15.8 Å². The Bertz CT molecular complexity index is 890. The minimum atomic E-state index is -3.64. The highest BCUT2D eigenvalue weighted by Gasteiger charge is 2.19. The number of anilines is 1. The first-order chi connectivity index (χ1) is 12.7. The van der Waals surface area contributed by atoms with Crippen molar-refractivity contribution in [3.05, 3.63) is 58.7 Å². The Hall–Kier alpha value is -2.09. The summed E-state index contributed by atoms with van der Waals surface area (Å²) < 4.78 is 27.6. The summed E-state index contributed by atoms with van der Waals surface area (Å²) in [4.78, 5) is 12.2. The number of hydrogen-bond acceptors (Lipinski definition) is 4. The summed E-state index contributed by atoms with van der Waals surface area (Å²) in [5, 5.41) is 2.80. The van der Waals surface area contributed by atoms with Gasteiger partial charge in [0.25, 0.3) is 0 Å². The van der Waals surface area contributed by atoms with E-state index in [-0.39, 0.29) is 36.2 Å². The smallest absolute Gasteiger partial charge is 0.241 e. The van der Waals surface area contributed by atoms with Crippen LogP contribution >= 0.6 is 12.4 Å². The lowest BCUT2D eigenvalue weighted by atomic mass is 10.1. The van der Waals surface area contributed by atoms with Crippen LogP contribution in [-0.2, 0) is 21.2 Å². The second kappa shape index (κ2) is 10.5. The van der Waals surface area contributed by atoms with Crippen LogP contribution in [0, 0.1) is 20.8 Å². The van der Waals surface area contributed by atoms with Crippen molar-refractivity contribution < 1.29 is 13.2 Å². The van der Waals surface area contributed by atoms with Crippen LogP contribution in [0.15, 0.2) is 41.3 Å². The van der Waals surface area contributed by atoms with Gasteiger partial charge < -0.3 is 11.1 Å². The molecule has 28 heavy (non-hydrogen) atoms. The summed E-state index contributed by atoms with van der Waals surface area (Å²) in [5.74, 6) is -0.189. The number of nitrogens with two attached hydrogens (primary N) is 1. The topological polar surface area (TPSA) is 101 Å². The maximum absolute atomic E-state index is 12.5. The summed E-state index contributed by atoms with van der Waals surface area (Å²) in [6, 6.07) is 11.2. The third-order valence-corrected chi connectivity index (χ3v) is 6.00. The van der Waals surface area contributed by atoms with Crippen molar-refractivity contribution in [3.8, 4) is 0 Å². The Kier molecular flexibility index (Phi) is 8.94. The lowest BCUT2D eigenvalue weighted by Gasteiger charge is -2.13. The zero-order valence-corrected chi connectivity index (χ0v) is 18.0. The fourth-order valence-corrected chi connectivity index (χ4v) is 4.56. The standard InChI is InChI=1S/C20H27N3O3S.ClH/c1-14-12-15(2)20(16(3)13-14)27(25,26)23-11-9-19(24)22-10-8-17-4-6-18(21)7-5-17;/h4-7,12-13,23H,8-11,21H2,1-3H3,(H,22,24);1H. The van der Waals surface area contributed by atoms with E-state index in [9.17, 15) is 13.2 Å². The molecule has 1 amide bonds. The lowest BCUT2D eigenvalue weighted by Crippen LogP contribution is -2.32. The molecule has 0 heterocycles. The molecule has 2 rings (SSSR count). The first-order valence-corrected chi connectivity index (χ1v) is 10.4. The molecule has 0 aliphatic rings. The number of hydrogen-bond donors (Lipinski definition) is 3. The third-order valence-electron chi connectivity index (χ3n) is 4.23. The molecule has 6 nitrogen and oxygen atoms in total. The van der Waals surface area contributed by atoms with Gasteiger partial charge in [-0.3, -0.25) is 4.79 Å². The molecule has 154 valence electrons. The average molecular weight is 426 g/mol. The predicted molar refractivity (Wildman–Crippen MR) is 115 cm³/mol. The van der Waals surface area contributed by atoms with Gasteiger partial charge in [0.15, 0.2) is 0 Å². The van der Waals surface area contributed by atoms with Gasteiger partial charge in [-0.2, -0.15) is 0 Å². The van der Waals surface area contributed by atoms with E-state index in [1.807, 2.05) is 43.3 Å². The van der Waals surface area contributed by atoms with Crippen LogP contribution in [0.4, 0.5) is 5.69 Å². The summed E-state index contributed by atoms with van der Waals surface area (Å²) >= 11 is 0. The average Bonchev–Trinajstić information content (AvgIpc) is 2.55. The van der Waals surface area contributed by atoms with E-state index in [4.69, 9.17) is 5.73 Å². The van der Waals surface area contributed by atoms with Gasteiger partial charge in [-0.1, -0.05) is 29.8 Å². The predicted octanol–water partition coefficient (Wildman–Crippen LogP) is 2.64. The van der Waals surface area contributed by atoms with Crippen molar-refractivity contribution in [2.24, 2.45) is 0 Å². The number of aryl methyl sites for hydroxylation is 3. The highest BCUT2D eigenvalue weighted by Crippen LogP contribution is 2.21. The Labute approximate surface area is 173 Å². The fourth-order valence-electron chi connectivity index (χ4n) is 3.08.